The molecular weight excluding hydrogens is 222 g/mol. The van der Waals surface area contributed by atoms with Gasteiger partial charge in [-0.15, -0.1) is 11.3 Å². The number of amides is 1. The maximum absolute atomic E-state index is 11.8. The van der Waals surface area contributed by atoms with Crippen molar-refractivity contribution in [2.45, 2.75) is 19.9 Å². The molecule has 16 heavy (non-hydrogen) atoms. The maximum Gasteiger partial charge on any atom is 0.282 e. The Balaban J connectivity index is 2.21. The number of carbonyl (C=O) groups excluding carboxylic acids is 1. The standard InChI is InChI=1S/C11H17N3OS/c1-4-14-6-5-9-8(7-14)12-10(16-9)11(15)13(2)3/h4-7H2,1-3H3. The van der Waals surface area contributed by atoms with E-state index in [1.54, 1.807) is 30.3 Å². The van der Waals surface area contributed by atoms with E-state index in [1.807, 2.05) is 0 Å². The van der Waals surface area contributed by atoms with Crippen LogP contribution in [-0.4, -0.2) is 47.9 Å². The Hall–Kier alpha value is -0.940. The van der Waals surface area contributed by atoms with Crippen LogP contribution in [0.3, 0.4) is 0 Å². The summed E-state index contributed by atoms with van der Waals surface area (Å²) >= 11 is 1.56. The molecule has 1 aliphatic rings. The van der Waals surface area contributed by atoms with Crippen molar-refractivity contribution in [2.24, 2.45) is 0 Å². The first-order chi connectivity index (χ1) is 7.61. The quantitative estimate of drug-likeness (QED) is 0.778. The van der Waals surface area contributed by atoms with Gasteiger partial charge in [0.05, 0.1) is 5.69 Å². The van der Waals surface area contributed by atoms with Crippen LogP contribution in [0.5, 0.6) is 0 Å². The second-order valence-corrected chi connectivity index (χ2v) is 5.29. The Morgan fingerprint density at radius 2 is 2.31 bits per heavy atom. The first kappa shape index (κ1) is 11.5. The second-order valence-electron chi connectivity index (χ2n) is 4.21. The van der Waals surface area contributed by atoms with Crippen LogP contribution < -0.4 is 0 Å². The van der Waals surface area contributed by atoms with Crippen molar-refractivity contribution in [3.8, 4) is 0 Å². The van der Waals surface area contributed by atoms with E-state index in [-0.39, 0.29) is 5.91 Å². The predicted molar refractivity (Wildman–Crippen MR) is 64.8 cm³/mol. The van der Waals surface area contributed by atoms with E-state index in [4.69, 9.17) is 0 Å². The fourth-order valence-electron chi connectivity index (χ4n) is 1.81. The predicted octanol–water partition coefficient (Wildman–Crippen LogP) is 1.22. The molecule has 2 rings (SSSR count). The molecule has 1 amide bonds. The molecular formula is C11H17N3OS. The van der Waals surface area contributed by atoms with Gasteiger partial charge in [-0.2, -0.15) is 0 Å². The summed E-state index contributed by atoms with van der Waals surface area (Å²) < 4.78 is 0. The molecule has 0 atom stereocenters. The van der Waals surface area contributed by atoms with Gasteiger partial charge in [0.15, 0.2) is 5.01 Å². The molecule has 0 saturated heterocycles. The molecule has 1 aromatic heterocycles. The van der Waals surface area contributed by atoms with Gasteiger partial charge in [-0.05, 0) is 13.0 Å². The number of hydrogen-bond donors (Lipinski definition) is 0. The van der Waals surface area contributed by atoms with E-state index in [0.717, 1.165) is 31.7 Å². The van der Waals surface area contributed by atoms with E-state index in [0.29, 0.717) is 5.01 Å². The number of rotatable bonds is 2. The van der Waals surface area contributed by atoms with Gasteiger partial charge in [0.25, 0.3) is 5.91 Å². The van der Waals surface area contributed by atoms with Crippen molar-refractivity contribution in [1.29, 1.82) is 0 Å². The zero-order valence-corrected chi connectivity index (χ0v) is 10.8. The van der Waals surface area contributed by atoms with Crippen molar-refractivity contribution in [2.75, 3.05) is 27.2 Å². The minimum Gasteiger partial charge on any atom is -0.343 e. The molecule has 0 unspecified atom stereocenters. The van der Waals surface area contributed by atoms with Crippen molar-refractivity contribution in [3.05, 3.63) is 15.6 Å². The molecule has 4 nitrogen and oxygen atoms in total. The Morgan fingerprint density at radius 1 is 1.56 bits per heavy atom. The van der Waals surface area contributed by atoms with E-state index in [9.17, 15) is 4.79 Å². The number of carbonyl (C=O) groups is 1. The highest BCUT2D eigenvalue weighted by Gasteiger charge is 2.22. The normalized spacial score (nSPS) is 15.9. The minimum absolute atomic E-state index is 0.0162. The summed E-state index contributed by atoms with van der Waals surface area (Å²) in [5, 5.41) is 0.632. The van der Waals surface area contributed by atoms with Crippen molar-refractivity contribution in [3.63, 3.8) is 0 Å². The fourth-order valence-corrected chi connectivity index (χ4v) is 2.89. The average molecular weight is 239 g/mol. The maximum atomic E-state index is 11.8. The number of thiazole rings is 1. The Bertz CT molecular complexity index is 400. The van der Waals surface area contributed by atoms with Crippen LogP contribution in [0.4, 0.5) is 0 Å². The summed E-state index contributed by atoms with van der Waals surface area (Å²) in [5.74, 6) is 0.0162. The molecule has 1 aromatic rings. The van der Waals surface area contributed by atoms with Gasteiger partial charge in [-0.3, -0.25) is 9.69 Å². The molecule has 0 spiro atoms. The second kappa shape index (κ2) is 4.51. The van der Waals surface area contributed by atoms with Crippen LogP contribution in [0.25, 0.3) is 0 Å². The first-order valence-corrected chi connectivity index (χ1v) is 6.36. The van der Waals surface area contributed by atoms with Crippen LogP contribution in [0.2, 0.25) is 0 Å². The lowest BCUT2D eigenvalue weighted by molar-refractivity contribution is 0.0827. The zero-order valence-electron chi connectivity index (χ0n) is 9.99. The Labute approximate surface area is 99.9 Å². The van der Waals surface area contributed by atoms with E-state index in [2.05, 4.69) is 16.8 Å². The smallest absolute Gasteiger partial charge is 0.282 e. The highest BCUT2D eigenvalue weighted by atomic mass is 32.1. The van der Waals surface area contributed by atoms with Crippen molar-refractivity contribution in [1.82, 2.24) is 14.8 Å². The zero-order chi connectivity index (χ0) is 11.7. The van der Waals surface area contributed by atoms with Crippen LogP contribution in [0, 0.1) is 0 Å². The van der Waals surface area contributed by atoms with Gasteiger partial charge in [0.2, 0.25) is 0 Å². The molecule has 0 radical (unpaired) electrons. The number of nitrogens with zero attached hydrogens (tertiary/aromatic N) is 3. The van der Waals surface area contributed by atoms with Crippen LogP contribution in [0.15, 0.2) is 0 Å². The summed E-state index contributed by atoms with van der Waals surface area (Å²) in [4.78, 5) is 21.5. The van der Waals surface area contributed by atoms with E-state index < -0.39 is 0 Å². The summed E-state index contributed by atoms with van der Waals surface area (Å²) in [6.45, 7) is 5.18. The van der Waals surface area contributed by atoms with E-state index >= 15 is 0 Å². The first-order valence-electron chi connectivity index (χ1n) is 5.54. The number of aromatic nitrogens is 1. The molecule has 88 valence electrons. The molecule has 0 fully saturated rings. The molecule has 0 aromatic carbocycles. The molecule has 0 N–H and O–H groups in total. The lowest BCUT2D eigenvalue weighted by Crippen LogP contribution is -2.29. The largest absolute Gasteiger partial charge is 0.343 e. The van der Waals surface area contributed by atoms with Crippen molar-refractivity contribution >= 4 is 17.2 Å². The summed E-state index contributed by atoms with van der Waals surface area (Å²) in [5.41, 5.74) is 1.10. The molecule has 0 saturated carbocycles. The third-order valence-electron chi connectivity index (χ3n) is 2.84. The number of likely N-dealkylation sites (N-methyl/N-ethyl adjacent to an activating group) is 1. The van der Waals surface area contributed by atoms with Gasteiger partial charge in [-0.25, -0.2) is 4.98 Å². The van der Waals surface area contributed by atoms with Gasteiger partial charge in [0, 0.05) is 32.1 Å². The molecule has 0 bridgehead atoms. The lowest BCUT2D eigenvalue weighted by atomic mass is 10.2. The fraction of sp³-hybridized carbons (Fsp3) is 0.636. The van der Waals surface area contributed by atoms with Gasteiger partial charge >= 0.3 is 0 Å². The molecule has 1 aliphatic heterocycles. The SMILES string of the molecule is CCN1CCc2sc(C(=O)N(C)C)nc2C1. The summed E-state index contributed by atoms with van der Waals surface area (Å²) in [7, 11) is 3.53. The highest BCUT2D eigenvalue weighted by Crippen LogP contribution is 2.25. The molecule has 0 aliphatic carbocycles. The molecule has 2 heterocycles. The average Bonchev–Trinajstić information content (AvgIpc) is 2.69. The Morgan fingerprint density at radius 3 is 2.94 bits per heavy atom. The third-order valence-corrected chi connectivity index (χ3v) is 3.99. The van der Waals surface area contributed by atoms with Crippen LogP contribution in [-0.2, 0) is 13.0 Å². The number of fused-ring (bicyclic) bond motifs is 1. The minimum atomic E-state index is 0.0162. The van der Waals surface area contributed by atoms with Crippen LogP contribution >= 0.6 is 11.3 Å². The van der Waals surface area contributed by atoms with Gasteiger partial charge < -0.3 is 4.90 Å². The topological polar surface area (TPSA) is 36.4 Å². The highest BCUT2D eigenvalue weighted by molar-refractivity contribution is 7.13. The molecule has 5 heteroatoms. The van der Waals surface area contributed by atoms with Gasteiger partial charge in [0.1, 0.15) is 0 Å². The van der Waals surface area contributed by atoms with Crippen molar-refractivity contribution < 1.29 is 4.79 Å². The van der Waals surface area contributed by atoms with Gasteiger partial charge in [-0.1, -0.05) is 6.92 Å². The summed E-state index contributed by atoms with van der Waals surface area (Å²) in [6, 6.07) is 0. The third kappa shape index (κ3) is 2.10. The lowest BCUT2D eigenvalue weighted by Gasteiger charge is -2.23. The number of hydrogen-bond acceptors (Lipinski definition) is 4. The Kier molecular flexibility index (Phi) is 3.25. The summed E-state index contributed by atoms with van der Waals surface area (Å²) in [6.07, 6.45) is 1.03. The van der Waals surface area contributed by atoms with E-state index in [1.165, 1.54) is 4.88 Å². The van der Waals surface area contributed by atoms with Crippen LogP contribution in [0.1, 0.15) is 27.3 Å². The monoisotopic (exact) mass is 239 g/mol.